The first-order chi connectivity index (χ1) is 9.76. The Bertz CT molecular complexity index is 607. The minimum absolute atomic E-state index is 0.250. The molecule has 1 aliphatic heterocycles. The first-order valence-corrected chi connectivity index (χ1v) is 6.62. The molecule has 0 atom stereocenters. The van der Waals surface area contributed by atoms with Crippen LogP contribution in [-0.4, -0.2) is 29.4 Å². The zero-order valence-electron chi connectivity index (χ0n) is 11.3. The van der Waals surface area contributed by atoms with Crippen LogP contribution in [-0.2, 0) is 13.1 Å². The Morgan fingerprint density at radius 1 is 1.25 bits per heavy atom. The highest BCUT2D eigenvalue weighted by atomic mass is 16.2. The lowest BCUT2D eigenvalue weighted by Gasteiger charge is -2.29. The number of fused-ring (bicyclic) bond motifs is 1. The van der Waals surface area contributed by atoms with Gasteiger partial charge in [-0.25, -0.2) is 4.79 Å². The Balaban J connectivity index is 1.76. The van der Waals surface area contributed by atoms with Crippen LogP contribution in [0.1, 0.15) is 5.69 Å². The highest BCUT2D eigenvalue weighted by molar-refractivity contribution is 5.87. The third-order valence-corrected chi connectivity index (χ3v) is 3.39. The first kappa shape index (κ1) is 12.5. The highest BCUT2D eigenvalue weighted by Crippen LogP contribution is 2.22. The van der Waals surface area contributed by atoms with E-state index < -0.39 is 0 Å². The summed E-state index contributed by atoms with van der Waals surface area (Å²) in [5.41, 5.74) is 2.31. The van der Waals surface area contributed by atoms with Gasteiger partial charge in [-0.3, -0.25) is 10.00 Å². The molecule has 2 N–H and O–H groups in total. The number of nitrogens with one attached hydrogen (secondary N) is 2. The Kier molecular flexibility index (Phi) is 3.28. The number of para-hydroxylation sites is 1. The monoisotopic (exact) mass is 271 g/mol. The molecule has 0 saturated carbocycles. The second-order valence-electron chi connectivity index (χ2n) is 4.71. The maximum absolute atomic E-state index is 11.3. The van der Waals surface area contributed by atoms with Crippen molar-refractivity contribution in [2.45, 2.75) is 13.1 Å². The van der Waals surface area contributed by atoms with Gasteiger partial charge in [0.05, 0.1) is 18.8 Å². The molecule has 1 aliphatic rings. The second-order valence-corrected chi connectivity index (χ2v) is 4.71. The number of anilines is 2. The maximum atomic E-state index is 11.3. The van der Waals surface area contributed by atoms with Crippen molar-refractivity contribution >= 4 is 17.5 Å². The van der Waals surface area contributed by atoms with Gasteiger partial charge in [0, 0.05) is 25.3 Å². The molecule has 0 spiro atoms. The predicted octanol–water partition coefficient (Wildman–Crippen LogP) is 1.65. The van der Waals surface area contributed by atoms with Gasteiger partial charge in [0.15, 0.2) is 5.82 Å². The Hall–Kier alpha value is -2.50. The molecule has 6 nitrogen and oxygen atoms in total. The average Bonchev–Trinajstić information content (AvgIpc) is 2.89. The number of carbonyl (C=O) groups is 1. The fourth-order valence-electron chi connectivity index (χ4n) is 2.37. The lowest BCUT2D eigenvalue weighted by molar-refractivity contribution is 0.254. The number of aromatic nitrogens is 2. The van der Waals surface area contributed by atoms with Crippen molar-refractivity contribution in [3.63, 3.8) is 0 Å². The molecule has 1 aromatic carbocycles. The summed E-state index contributed by atoms with van der Waals surface area (Å²) in [6.45, 7) is 2.53. The smallest absolute Gasteiger partial charge is 0.320 e. The molecule has 0 fully saturated rings. The summed E-state index contributed by atoms with van der Waals surface area (Å²) in [5.74, 6) is 0.592. The lowest BCUT2D eigenvalue weighted by atomic mass is 10.2. The summed E-state index contributed by atoms with van der Waals surface area (Å²) in [7, 11) is 1.59. The Labute approximate surface area is 117 Å². The van der Waals surface area contributed by atoms with Gasteiger partial charge in [-0.2, -0.15) is 5.10 Å². The van der Waals surface area contributed by atoms with Crippen LogP contribution < -0.4 is 15.5 Å². The summed E-state index contributed by atoms with van der Waals surface area (Å²) < 4.78 is 1.95. The topological polar surface area (TPSA) is 62.2 Å². The lowest BCUT2D eigenvalue weighted by Crippen LogP contribution is -2.33. The van der Waals surface area contributed by atoms with E-state index >= 15 is 0 Å². The largest absolute Gasteiger partial charge is 0.364 e. The van der Waals surface area contributed by atoms with Crippen molar-refractivity contribution in [3.05, 3.63) is 42.1 Å². The molecule has 0 unspecified atom stereocenters. The zero-order chi connectivity index (χ0) is 13.9. The van der Waals surface area contributed by atoms with Crippen molar-refractivity contribution < 1.29 is 4.79 Å². The van der Waals surface area contributed by atoms with E-state index in [1.165, 1.54) is 5.69 Å². The molecule has 6 heteroatoms. The number of hydrogen-bond donors (Lipinski definition) is 2. The van der Waals surface area contributed by atoms with E-state index in [1.54, 1.807) is 7.05 Å². The number of amides is 2. The van der Waals surface area contributed by atoms with Crippen LogP contribution >= 0.6 is 0 Å². The van der Waals surface area contributed by atoms with Crippen molar-refractivity contribution in [1.29, 1.82) is 0 Å². The van der Waals surface area contributed by atoms with E-state index in [9.17, 15) is 4.79 Å². The van der Waals surface area contributed by atoms with E-state index in [-0.39, 0.29) is 6.03 Å². The minimum atomic E-state index is -0.250. The number of rotatable bonds is 2. The first-order valence-electron chi connectivity index (χ1n) is 6.62. The normalized spacial score (nSPS) is 13.8. The van der Waals surface area contributed by atoms with Crippen LogP contribution in [0.3, 0.4) is 0 Å². The average molecular weight is 271 g/mol. The van der Waals surface area contributed by atoms with Crippen molar-refractivity contribution in [3.8, 4) is 0 Å². The molecular weight excluding hydrogens is 254 g/mol. The zero-order valence-corrected chi connectivity index (χ0v) is 11.3. The van der Waals surface area contributed by atoms with Crippen LogP contribution in [0.25, 0.3) is 0 Å². The number of hydrogen-bond acceptors (Lipinski definition) is 3. The van der Waals surface area contributed by atoms with Gasteiger partial charge < -0.3 is 10.2 Å². The quantitative estimate of drug-likeness (QED) is 0.873. The fourth-order valence-corrected chi connectivity index (χ4v) is 2.37. The molecule has 2 heterocycles. The van der Waals surface area contributed by atoms with Gasteiger partial charge in [-0.05, 0) is 12.1 Å². The Morgan fingerprint density at radius 3 is 2.80 bits per heavy atom. The molecule has 2 aromatic rings. The van der Waals surface area contributed by atoms with E-state index in [1.807, 2.05) is 28.9 Å². The number of urea groups is 1. The molecule has 0 radical (unpaired) electrons. The number of carbonyl (C=O) groups excluding carboxylic acids is 1. The molecule has 0 aliphatic carbocycles. The summed E-state index contributed by atoms with van der Waals surface area (Å²) in [6.07, 6.45) is 0. The van der Waals surface area contributed by atoms with Crippen molar-refractivity contribution in [2.75, 3.05) is 23.8 Å². The van der Waals surface area contributed by atoms with Gasteiger partial charge in [0.1, 0.15) is 0 Å². The van der Waals surface area contributed by atoms with E-state index in [0.717, 1.165) is 25.3 Å². The van der Waals surface area contributed by atoms with Gasteiger partial charge >= 0.3 is 6.03 Å². The SMILES string of the molecule is CNC(=O)Nc1cc2n(n1)CCN(c1ccccc1)C2. The van der Waals surface area contributed by atoms with Crippen LogP contribution in [0.5, 0.6) is 0 Å². The third kappa shape index (κ3) is 2.45. The van der Waals surface area contributed by atoms with E-state index in [2.05, 4.69) is 32.8 Å². The van der Waals surface area contributed by atoms with Crippen LogP contribution in [0.15, 0.2) is 36.4 Å². The van der Waals surface area contributed by atoms with E-state index in [0.29, 0.717) is 5.82 Å². The maximum Gasteiger partial charge on any atom is 0.320 e. The second kappa shape index (κ2) is 5.24. The molecule has 104 valence electrons. The summed E-state index contributed by atoms with van der Waals surface area (Å²) in [4.78, 5) is 13.6. The molecule has 0 bridgehead atoms. The fraction of sp³-hybridized carbons (Fsp3) is 0.286. The van der Waals surface area contributed by atoms with Gasteiger partial charge in [0.2, 0.25) is 0 Å². The van der Waals surface area contributed by atoms with Crippen molar-refractivity contribution in [1.82, 2.24) is 15.1 Å². The number of nitrogens with zero attached hydrogens (tertiary/aromatic N) is 3. The number of benzene rings is 1. The van der Waals surface area contributed by atoms with E-state index in [4.69, 9.17) is 0 Å². The summed E-state index contributed by atoms with van der Waals surface area (Å²) >= 11 is 0. The standard InChI is InChI=1S/C14H17N5O/c1-15-14(20)16-13-9-12-10-18(7-8-19(12)17-13)11-5-3-2-4-6-11/h2-6,9H,7-8,10H2,1H3,(H2,15,16,17,20). The third-order valence-electron chi connectivity index (χ3n) is 3.39. The van der Waals surface area contributed by atoms with Crippen molar-refractivity contribution in [2.24, 2.45) is 0 Å². The predicted molar refractivity (Wildman–Crippen MR) is 77.8 cm³/mol. The minimum Gasteiger partial charge on any atom is -0.364 e. The van der Waals surface area contributed by atoms with Gasteiger partial charge in [-0.1, -0.05) is 18.2 Å². The summed E-state index contributed by atoms with van der Waals surface area (Å²) in [5, 5.41) is 9.61. The molecular formula is C14H17N5O. The van der Waals surface area contributed by atoms with Crippen LogP contribution in [0, 0.1) is 0 Å². The molecule has 0 saturated heterocycles. The molecule has 3 rings (SSSR count). The Morgan fingerprint density at radius 2 is 2.05 bits per heavy atom. The van der Waals surface area contributed by atoms with Crippen LogP contribution in [0.4, 0.5) is 16.3 Å². The molecule has 20 heavy (non-hydrogen) atoms. The van der Waals surface area contributed by atoms with Gasteiger partial charge in [-0.15, -0.1) is 0 Å². The highest BCUT2D eigenvalue weighted by Gasteiger charge is 2.19. The summed E-state index contributed by atoms with van der Waals surface area (Å²) in [6, 6.07) is 12.0. The van der Waals surface area contributed by atoms with Gasteiger partial charge in [0.25, 0.3) is 0 Å². The van der Waals surface area contributed by atoms with Crippen LogP contribution in [0.2, 0.25) is 0 Å². The molecule has 1 aromatic heterocycles. The molecule has 2 amide bonds.